The SMILES string of the molecule is Cc1cc(Br)c(Nc2ccnc(C#N)c2)cc1Cl. The molecule has 0 aliphatic rings. The molecule has 2 rings (SSSR count). The van der Waals surface area contributed by atoms with E-state index in [0.29, 0.717) is 10.7 Å². The van der Waals surface area contributed by atoms with Crippen molar-refractivity contribution in [2.45, 2.75) is 6.92 Å². The van der Waals surface area contributed by atoms with Crippen molar-refractivity contribution < 1.29 is 0 Å². The molecule has 0 atom stereocenters. The van der Waals surface area contributed by atoms with E-state index in [1.54, 1.807) is 18.3 Å². The van der Waals surface area contributed by atoms with Crippen LogP contribution in [-0.4, -0.2) is 4.98 Å². The Kier molecular flexibility index (Phi) is 3.85. The van der Waals surface area contributed by atoms with Gasteiger partial charge in [-0.3, -0.25) is 0 Å². The quantitative estimate of drug-likeness (QED) is 0.890. The third-order valence-corrected chi connectivity index (χ3v) is 3.47. The molecule has 0 fully saturated rings. The van der Waals surface area contributed by atoms with Crippen LogP contribution in [0.25, 0.3) is 0 Å². The molecule has 5 heteroatoms. The molecule has 0 saturated heterocycles. The number of anilines is 2. The van der Waals surface area contributed by atoms with Crippen molar-refractivity contribution in [2.75, 3.05) is 5.32 Å². The van der Waals surface area contributed by atoms with Crippen LogP contribution in [0.15, 0.2) is 34.9 Å². The van der Waals surface area contributed by atoms with Crippen molar-refractivity contribution in [3.63, 3.8) is 0 Å². The van der Waals surface area contributed by atoms with E-state index >= 15 is 0 Å². The molecule has 1 aromatic heterocycles. The zero-order valence-electron chi connectivity index (χ0n) is 9.54. The van der Waals surface area contributed by atoms with Gasteiger partial charge in [0.2, 0.25) is 0 Å². The summed E-state index contributed by atoms with van der Waals surface area (Å²) >= 11 is 9.56. The number of aryl methyl sites for hydroxylation is 1. The summed E-state index contributed by atoms with van der Waals surface area (Å²) in [6.07, 6.45) is 1.59. The van der Waals surface area contributed by atoms with E-state index in [0.717, 1.165) is 21.4 Å². The summed E-state index contributed by atoms with van der Waals surface area (Å²) in [5.41, 5.74) is 3.01. The van der Waals surface area contributed by atoms with E-state index in [2.05, 4.69) is 26.2 Å². The number of hydrogen-bond donors (Lipinski definition) is 1. The Labute approximate surface area is 119 Å². The highest BCUT2D eigenvalue weighted by molar-refractivity contribution is 9.10. The van der Waals surface area contributed by atoms with Gasteiger partial charge in [-0.25, -0.2) is 4.98 Å². The Bertz CT molecular complexity index is 635. The lowest BCUT2D eigenvalue weighted by molar-refractivity contribution is 1.26. The number of hydrogen-bond acceptors (Lipinski definition) is 3. The van der Waals surface area contributed by atoms with E-state index in [4.69, 9.17) is 16.9 Å². The Morgan fingerprint density at radius 3 is 2.89 bits per heavy atom. The smallest absolute Gasteiger partial charge is 0.142 e. The molecule has 90 valence electrons. The molecule has 3 nitrogen and oxygen atoms in total. The number of benzene rings is 1. The molecule has 0 saturated carbocycles. The molecule has 0 amide bonds. The normalized spacial score (nSPS) is 9.89. The zero-order valence-corrected chi connectivity index (χ0v) is 11.9. The summed E-state index contributed by atoms with van der Waals surface area (Å²) in [5.74, 6) is 0. The third kappa shape index (κ3) is 2.81. The fourth-order valence-electron chi connectivity index (χ4n) is 1.47. The molecule has 0 aliphatic heterocycles. The minimum Gasteiger partial charge on any atom is -0.354 e. The van der Waals surface area contributed by atoms with Crippen molar-refractivity contribution in [1.29, 1.82) is 5.26 Å². The standard InChI is InChI=1S/C13H9BrClN3/c1-8-4-11(14)13(6-12(8)15)18-9-2-3-17-10(5-9)7-16/h2-6H,1H3,(H,17,18). The van der Waals surface area contributed by atoms with Gasteiger partial charge in [-0.1, -0.05) is 11.6 Å². The van der Waals surface area contributed by atoms with Crippen molar-refractivity contribution in [3.05, 3.63) is 51.2 Å². The molecule has 0 aliphatic carbocycles. The van der Waals surface area contributed by atoms with Gasteiger partial charge in [-0.15, -0.1) is 0 Å². The van der Waals surface area contributed by atoms with Gasteiger partial charge in [-0.2, -0.15) is 5.26 Å². The second-order valence-corrected chi connectivity index (χ2v) is 5.01. The summed E-state index contributed by atoms with van der Waals surface area (Å²) in [4.78, 5) is 3.91. The number of nitrogens with one attached hydrogen (secondary N) is 1. The second kappa shape index (κ2) is 5.38. The van der Waals surface area contributed by atoms with E-state index in [-0.39, 0.29) is 0 Å². The molecule has 18 heavy (non-hydrogen) atoms. The molecule has 0 radical (unpaired) electrons. The number of aromatic nitrogens is 1. The maximum Gasteiger partial charge on any atom is 0.142 e. The Morgan fingerprint density at radius 2 is 2.17 bits per heavy atom. The van der Waals surface area contributed by atoms with E-state index < -0.39 is 0 Å². The predicted molar refractivity (Wildman–Crippen MR) is 76.1 cm³/mol. The van der Waals surface area contributed by atoms with Crippen LogP contribution in [0.3, 0.4) is 0 Å². The van der Waals surface area contributed by atoms with Crippen molar-refractivity contribution in [2.24, 2.45) is 0 Å². The van der Waals surface area contributed by atoms with Crippen LogP contribution in [0, 0.1) is 18.3 Å². The maximum absolute atomic E-state index is 8.79. The van der Waals surface area contributed by atoms with Crippen LogP contribution in [0.4, 0.5) is 11.4 Å². The molecule has 0 unspecified atom stereocenters. The Hall–Kier alpha value is -1.57. The molecular weight excluding hydrogens is 314 g/mol. The lowest BCUT2D eigenvalue weighted by Gasteiger charge is -2.10. The first-order valence-electron chi connectivity index (χ1n) is 5.19. The van der Waals surface area contributed by atoms with Gasteiger partial charge in [-0.05, 0) is 52.7 Å². The predicted octanol–water partition coefficient (Wildman–Crippen LogP) is 4.42. The van der Waals surface area contributed by atoms with Crippen molar-refractivity contribution in [3.8, 4) is 6.07 Å². The van der Waals surface area contributed by atoms with Gasteiger partial charge in [0.1, 0.15) is 11.8 Å². The molecule has 1 heterocycles. The first-order chi connectivity index (χ1) is 8.60. The summed E-state index contributed by atoms with van der Waals surface area (Å²) in [6, 6.07) is 9.26. The van der Waals surface area contributed by atoms with Crippen molar-refractivity contribution >= 4 is 38.9 Å². The number of nitriles is 1. The van der Waals surface area contributed by atoms with Gasteiger partial charge >= 0.3 is 0 Å². The summed E-state index contributed by atoms with van der Waals surface area (Å²) < 4.78 is 0.916. The minimum absolute atomic E-state index is 0.370. The average Bonchev–Trinajstić information content (AvgIpc) is 2.36. The van der Waals surface area contributed by atoms with Crippen LogP contribution in [-0.2, 0) is 0 Å². The highest BCUT2D eigenvalue weighted by Gasteiger charge is 2.05. The average molecular weight is 323 g/mol. The molecule has 1 N–H and O–H groups in total. The van der Waals surface area contributed by atoms with Gasteiger partial charge in [0.25, 0.3) is 0 Å². The lowest BCUT2D eigenvalue weighted by Crippen LogP contribution is -1.94. The summed E-state index contributed by atoms with van der Waals surface area (Å²) in [6.45, 7) is 1.94. The van der Waals surface area contributed by atoms with Crippen LogP contribution in [0.2, 0.25) is 5.02 Å². The molecule has 1 aromatic carbocycles. The van der Waals surface area contributed by atoms with Crippen molar-refractivity contribution in [1.82, 2.24) is 4.98 Å². The largest absolute Gasteiger partial charge is 0.354 e. The van der Waals surface area contributed by atoms with Gasteiger partial charge in [0, 0.05) is 21.4 Å². The Balaban J connectivity index is 2.34. The number of pyridine rings is 1. The number of rotatable bonds is 2. The lowest BCUT2D eigenvalue weighted by atomic mass is 10.2. The first kappa shape index (κ1) is 12.9. The van der Waals surface area contributed by atoms with Gasteiger partial charge in [0.05, 0.1) is 5.69 Å². The van der Waals surface area contributed by atoms with E-state index in [1.165, 1.54) is 0 Å². The number of halogens is 2. The van der Waals surface area contributed by atoms with Crippen LogP contribution < -0.4 is 5.32 Å². The molecule has 0 spiro atoms. The topological polar surface area (TPSA) is 48.7 Å². The first-order valence-corrected chi connectivity index (χ1v) is 6.36. The summed E-state index contributed by atoms with van der Waals surface area (Å²) in [5, 5.41) is 12.7. The third-order valence-electron chi connectivity index (χ3n) is 2.40. The zero-order chi connectivity index (χ0) is 13.1. The monoisotopic (exact) mass is 321 g/mol. The Morgan fingerprint density at radius 1 is 1.39 bits per heavy atom. The maximum atomic E-state index is 8.79. The fourth-order valence-corrected chi connectivity index (χ4v) is 2.19. The number of nitrogens with zero attached hydrogens (tertiary/aromatic N) is 2. The van der Waals surface area contributed by atoms with Gasteiger partial charge < -0.3 is 5.32 Å². The fraction of sp³-hybridized carbons (Fsp3) is 0.0769. The van der Waals surface area contributed by atoms with Crippen LogP contribution in [0.1, 0.15) is 11.3 Å². The molecular formula is C13H9BrClN3. The molecule has 0 bridgehead atoms. The van der Waals surface area contributed by atoms with Crippen LogP contribution >= 0.6 is 27.5 Å². The van der Waals surface area contributed by atoms with Gasteiger partial charge in [0.15, 0.2) is 0 Å². The second-order valence-electron chi connectivity index (χ2n) is 3.75. The molecule has 2 aromatic rings. The van der Waals surface area contributed by atoms with E-state index in [1.807, 2.05) is 25.1 Å². The summed E-state index contributed by atoms with van der Waals surface area (Å²) in [7, 11) is 0. The highest BCUT2D eigenvalue weighted by Crippen LogP contribution is 2.31. The van der Waals surface area contributed by atoms with Crippen LogP contribution in [0.5, 0.6) is 0 Å². The highest BCUT2D eigenvalue weighted by atomic mass is 79.9. The van der Waals surface area contributed by atoms with E-state index in [9.17, 15) is 0 Å². The minimum atomic E-state index is 0.370.